The van der Waals surface area contributed by atoms with Crippen molar-refractivity contribution in [3.8, 4) is 6.07 Å². The highest BCUT2D eigenvalue weighted by atomic mass is 16.6. The lowest BCUT2D eigenvalue weighted by atomic mass is 9.35. The molecule has 0 aromatic carbocycles. The van der Waals surface area contributed by atoms with Crippen LogP contribution >= 0.6 is 0 Å². The second-order valence-electron chi connectivity index (χ2n) is 17.3. The predicted molar refractivity (Wildman–Crippen MR) is 159 cm³/mol. The van der Waals surface area contributed by atoms with Crippen LogP contribution < -0.4 is 5.32 Å². The molecule has 0 spiro atoms. The zero-order valence-corrected chi connectivity index (χ0v) is 26.9. The molecule has 5 rings (SSSR count). The number of hydrogen-bond donors (Lipinski definition) is 1. The minimum atomic E-state index is -0.613. The van der Waals surface area contributed by atoms with Crippen molar-refractivity contribution in [1.82, 2.24) is 5.32 Å². The normalized spacial score (nSPS) is 42.8. The fraction of sp³-hybridized carbons (Fsp3) is 0.829. The quantitative estimate of drug-likeness (QED) is 0.376. The smallest absolute Gasteiger partial charge is 0.407 e. The second kappa shape index (κ2) is 9.42. The highest BCUT2D eigenvalue weighted by Gasteiger charge is 2.68. The molecule has 0 aromatic heterocycles. The number of alkyl carbamates (subject to hydrolysis) is 1. The molecule has 1 amide bonds. The largest absolute Gasteiger partial charge is 0.444 e. The van der Waals surface area contributed by atoms with Crippen LogP contribution in [0.2, 0.25) is 0 Å². The maximum absolute atomic E-state index is 14.5. The van der Waals surface area contributed by atoms with Gasteiger partial charge in [-0.2, -0.15) is 5.26 Å². The SMILES string of the molecule is CC1(C)CCC2(CNC(=O)OC(C)(C)C)CCC3C(C(=O)CC4C5(C)C=C(C#N)C(=O)C(C)(C)C5CCC34C)C2C1. The van der Waals surface area contributed by atoms with Gasteiger partial charge in [0.05, 0.1) is 5.57 Å². The number of carbonyl (C=O) groups excluding carboxylic acids is 3. The van der Waals surface area contributed by atoms with E-state index in [9.17, 15) is 19.6 Å². The van der Waals surface area contributed by atoms with E-state index in [4.69, 9.17) is 4.74 Å². The molecule has 226 valence electrons. The third-order valence-electron chi connectivity index (χ3n) is 12.8. The average Bonchev–Trinajstić information content (AvgIpc) is 2.85. The Kier molecular flexibility index (Phi) is 6.96. The fourth-order valence-electron chi connectivity index (χ4n) is 10.9. The van der Waals surface area contributed by atoms with Crippen molar-refractivity contribution in [1.29, 1.82) is 5.26 Å². The van der Waals surface area contributed by atoms with Gasteiger partial charge in [-0.05, 0) is 111 Å². The van der Waals surface area contributed by atoms with Gasteiger partial charge in [-0.25, -0.2) is 4.79 Å². The Morgan fingerprint density at radius 2 is 1.68 bits per heavy atom. The molecule has 0 radical (unpaired) electrons. The summed E-state index contributed by atoms with van der Waals surface area (Å²) in [7, 11) is 0. The zero-order valence-electron chi connectivity index (χ0n) is 26.9. The van der Waals surface area contributed by atoms with Gasteiger partial charge in [-0.3, -0.25) is 9.59 Å². The van der Waals surface area contributed by atoms with Gasteiger partial charge in [0.1, 0.15) is 17.5 Å². The highest BCUT2D eigenvalue weighted by molar-refractivity contribution is 6.04. The number of amides is 1. The van der Waals surface area contributed by atoms with E-state index in [-0.39, 0.29) is 68.7 Å². The van der Waals surface area contributed by atoms with Crippen molar-refractivity contribution >= 4 is 17.7 Å². The van der Waals surface area contributed by atoms with E-state index in [1.165, 1.54) is 0 Å². The monoisotopic (exact) mass is 564 g/mol. The van der Waals surface area contributed by atoms with Crippen LogP contribution in [0.25, 0.3) is 0 Å². The number of rotatable bonds is 2. The van der Waals surface area contributed by atoms with Gasteiger partial charge < -0.3 is 10.1 Å². The molecule has 0 bridgehead atoms. The molecule has 6 nitrogen and oxygen atoms in total. The Balaban J connectivity index is 1.50. The number of hydrogen-bond acceptors (Lipinski definition) is 5. The summed E-state index contributed by atoms with van der Waals surface area (Å²) in [4.78, 5) is 40.5. The number of nitriles is 1. The predicted octanol–water partition coefficient (Wildman–Crippen LogP) is 7.42. The molecular formula is C35H52N2O4. The molecule has 0 aromatic rings. The fourth-order valence-corrected chi connectivity index (χ4v) is 10.9. The maximum atomic E-state index is 14.5. The summed E-state index contributed by atoms with van der Waals surface area (Å²) in [5.41, 5.74) is -1.24. The van der Waals surface area contributed by atoms with Gasteiger partial charge in [0, 0.05) is 24.3 Å². The van der Waals surface area contributed by atoms with Crippen molar-refractivity contribution in [3.05, 3.63) is 11.6 Å². The van der Waals surface area contributed by atoms with Crippen LogP contribution in [0.4, 0.5) is 4.79 Å². The molecule has 8 unspecified atom stereocenters. The van der Waals surface area contributed by atoms with E-state index >= 15 is 0 Å². The molecule has 8 atom stereocenters. The Labute approximate surface area is 247 Å². The van der Waals surface area contributed by atoms with Gasteiger partial charge in [-0.1, -0.05) is 47.6 Å². The number of ether oxygens (including phenoxy) is 1. The van der Waals surface area contributed by atoms with E-state index in [1.807, 2.05) is 40.7 Å². The van der Waals surface area contributed by atoms with E-state index in [0.717, 1.165) is 44.9 Å². The summed E-state index contributed by atoms with van der Waals surface area (Å²) in [6.07, 6.45) is 9.15. The molecule has 41 heavy (non-hydrogen) atoms. The van der Waals surface area contributed by atoms with Gasteiger partial charge in [0.25, 0.3) is 0 Å². The van der Waals surface area contributed by atoms with Gasteiger partial charge in [0.15, 0.2) is 5.78 Å². The molecule has 0 aliphatic heterocycles. The van der Waals surface area contributed by atoms with Crippen molar-refractivity contribution < 1.29 is 19.1 Å². The topological polar surface area (TPSA) is 96.3 Å². The van der Waals surface area contributed by atoms with E-state index in [1.54, 1.807) is 0 Å². The minimum Gasteiger partial charge on any atom is -0.444 e. The van der Waals surface area contributed by atoms with Crippen molar-refractivity contribution in [2.24, 2.45) is 56.7 Å². The number of allylic oxidation sites excluding steroid dienone is 2. The molecule has 4 fully saturated rings. The van der Waals surface area contributed by atoms with Crippen molar-refractivity contribution in [2.45, 2.75) is 119 Å². The van der Waals surface area contributed by atoms with Gasteiger partial charge >= 0.3 is 6.09 Å². The average molecular weight is 565 g/mol. The first-order valence-corrected chi connectivity index (χ1v) is 16.0. The highest BCUT2D eigenvalue weighted by Crippen LogP contribution is 2.71. The number of nitrogens with one attached hydrogen (secondary N) is 1. The lowest BCUT2D eigenvalue weighted by molar-refractivity contribution is -0.190. The van der Waals surface area contributed by atoms with Crippen LogP contribution in [0.15, 0.2) is 11.6 Å². The summed E-state index contributed by atoms with van der Waals surface area (Å²) in [5.74, 6) is 1.05. The van der Waals surface area contributed by atoms with Crippen LogP contribution in [-0.4, -0.2) is 29.8 Å². The third kappa shape index (κ3) is 4.69. The first-order valence-electron chi connectivity index (χ1n) is 16.0. The Hall–Kier alpha value is -2.16. The van der Waals surface area contributed by atoms with Crippen molar-refractivity contribution in [2.75, 3.05) is 6.54 Å². The summed E-state index contributed by atoms with van der Waals surface area (Å²) in [6, 6.07) is 2.21. The molecule has 5 aliphatic carbocycles. The summed E-state index contributed by atoms with van der Waals surface area (Å²) in [5, 5.41) is 13.0. The number of Topliss-reactive ketones (excluding diaryl/α,β-unsaturated/α-hetero) is 2. The first kappa shape index (κ1) is 30.3. The summed E-state index contributed by atoms with van der Waals surface area (Å²) in [6.45, 7) is 19.6. The molecule has 0 heterocycles. The molecule has 4 saturated carbocycles. The Morgan fingerprint density at radius 3 is 2.32 bits per heavy atom. The van der Waals surface area contributed by atoms with E-state index in [0.29, 0.717) is 18.7 Å². The molecule has 1 N–H and O–H groups in total. The van der Waals surface area contributed by atoms with E-state index in [2.05, 4.69) is 39.1 Å². The second-order valence-corrected chi connectivity index (χ2v) is 17.3. The molecular weight excluding hydrogens is 512 g/mol. The third-order valence-corrected chi connectivity index (χ3v) is 12.8. The van der Waals surface area contributed by atoms with Crippen molar-refractivity contribution in [3.63, 3.8) is 0 Å². The number of carbonyl (C=O) groups is 3. The van der Waals surface area contributed by atoms with Crippen LogP contribution in [0.5, 0.6) is 0 Å². The standard InChI is InChI=1S/C35H52N2O4/c1-30(2,3)41-29(40)37-20-35-13-10-22-27(23(35)18-31(4,5)14-15-35)24(38)16-26-33(22,8)12-11-25-32(6,7)28(39)21(19-36)17-34(25,26)9/h17,22-23,25-27H,10-16,18,20H2,1-9H3,(H,37,40). The Morgan fingerprint density at radius 1 is 1.00 bits per heavy atom. The van der Waals surface area contributed by atoms with Crippen LogP contribution in [-0.2, 0) is 14.3 Å². The lowest BCUT2D eigenvalue weighted by Crippen LogP contribution is -2.65. The summed E-state index contributed by atoms with van der Waals surface area (Å²) >= 11 is 0. The minimum absolute atomic E-state index is 0.0113. The van der Waals surface area contributed by atoms with Crippen LogP contribution in [0.3, 0.4) is 0 Å². The first-order chi connectivity index (χ1) is 18.8. The number of nitrogens with zero attached hydrogens (tertiary/aromatic N) is 1. The zero-order chi connectivity index (χ0) is 30.4. The molecule has 6 heteroatoms. The van der Waals surface area contributed by atoms with Crippen LogP contribution in [0.1, 0.15) is 114 Å². The van der Waals surface area contributed by atoms with Gasteiger partial charge in [0.2, 0.25) is 0 Å². The number of fused-ring (bicyclic) bond motifs is 7. The van der Waals surface area contributed by atoms with Gasteiger partial charge in [-0.15, -0.1) is 0 Å². The maximum Gasteiger partial charge on any atom is 0.407 e. The molecule has 5 aliphatic rings. The van der Waals surface area contributed by atoms with Crippen LogP contribution in [0, 0.1) is 68.0 Å². The lowest BCUT2D eigenvalue weighted by Gasteiger charge is -2.68. The Bertz CT molecular complexity index is 1220. The summed E-state index contributed by atoms with van der Waals surface area (Å²) < 4.78 is 5.59. The molecule has 0 saturated heterocycles. The van der Waals surface area contributed by atoms with E-state index < -0.39 is 11.0 Å². The number of ketones is 2.